The molecular weight excluding hydrogens is 419 g/mol. The van der Waals surface area contributed by atoms with Gasteiger partial charge in [-0.05, 0) is 43.3 Å². The number of anilines is 2. The van der Waals surface area contributed by atoms with E-state index in [0.717, 1.165) is 4.90 Å². The Hall–Kier alpha value is -2.90. The van der Waals surface area contributed by atoms with Gasteiger partial charge in [0.25, 0.3) is 5.91 Å². The van der Waals surface area contributed by atoms with Gasteiger partial charge in [-0.25, -0.2) is 4.79 Å². The van der Waals surface area contributed by atoms with Gasteiger partial charge in [0.05, 0.1) is 22.0 Å². The second kappa shape index (κ2) is 8.63. The fourth-order valence-corrected chi connectivity index (χ4v) is 3.20. The lowest BCUT2D eigenvalue weighted by atomic mass is 10.2. The molecule has 7 nitrogen and oxygen atoms in total. The van der Waals surface area contributed by atoms with Crippen molar-refractivity contribution in [3.05, 3.63) is 58.1 Å². The lowest BCUT2D eigenvalue weighted by Gasteiger charge is -2.16. The van der Waals surface area contributed by atoms with E-state index < -0.39 is 18.0 Å². The Morgan fingerprint density at radius 2 is 1.76 bits per heavy atom. The maximum Gasteiger partial charge on any atom is 0.338 e. The predicted octanol–water partition coefficient (Wildman–Crippen LogP) is 3.83. The third kappa shape index (κ3) is 4.75. The quantitative estimate of drug-likeness (QED) is 0.569. The zero-order valence-electron chi connectivity index (χ0n) is 15.3. The number of ether oxygens (including phenoxy) is 1. The molecule has 1 N–H and O–H groups in total. The molecule has 3 amide bonds. The second-order valence-electron chi connectivity index (χ2n) is 6.33. The van der Waals surface area contributed by atoms with E-state index in [9.17, 15) is 19.2 Å². The molecule has 2 aromatic carbocycles. The Morgan fingerprint density at radius 3 is 2.41 bits per heavy atom. The molecule has 1 unspecified atom stereocenters. The summed E-state index contributed by atoms with van der Waals surface area (Å²) in [6.07, 6.45) is -0.844. The summed E-state index contributed by atoms with van der Waals surface area (Å²) in [6.45, 7) is 1.41. The molecule has 150 valence electrons. The molecule has 0 radical (unpaired) electrons. The summed E-state index contributed by atoms with van der Waals surface area (Å²) in [7, 11) is 0. The number of imide groups is 1. The molecular formula is C20H16Cl2N2O5. The van der Waals surface area contributed by atoms with Gasteiger partial charge in [0.2, 0.25) is 11.8 Å². The van der Waals surface area contributed by atoms with E-state index in [2.05, 4.69) is 5.32 Å². The summed E-state index contributed by atoms with van der Waals surface area (Å²) in [5, 5.41) is 3.22. The summed E-state index contributed by atoms with van der Waals surface area (Å²) < 4.78 is 5.20. The first-order valence-corrected chi connectivity index (χ1v) is 9.44. The number of halogens is 2. The Morgan fingerprint density at radius 1 is 1.07 bits per heavy atom. The Balaban J connectivity index is 1.68. The van der Waals surface area contributed by atoms with E-state index in [1.807, 2.05) is 0 Å². The van der Waals surface area contributed by atoms with Gasteiger partial charge in [0, 0.05) is 17.9 Å². The van der Waals surface area contributed by atoms with Crippen LogP contribution in [0.3, 0.4) is 0 Å². The van der Waals surface area contributed by atoms with Gasteiger partial charge in [0.1, 0.15) is 0 Å². The molecule has 3 rings (SSSR count). The third-order valence-electron chi connectivity index (χ3n) is 4.23. The van der Waals surface area contributed by atoms with Crippen LogP contribution in [0.2, 0.25) is 10.0 Å². The zero-order chi connectivity index (χ0) is 21.1. The van der Waals surface area contributed by atoms with Crippen molar-refractivity contribution in [3.63, 3.8) is 0 Å². The average molecular weight is 435 g/mol. The van der Waals surface area contributed by atoms with Crippen LogP contribution < -0.4 is 10.2 Å². The highest BCUT2D eigenvalue weighted by molar-refractivity contribution is 6.36. The molecule has 0 spiro atoms. The number of carbonyl (C=O) groups excluding carboxylic acids is 4. The van der Waals surface area contributed by atoms with E-state index in [4.69, 9.17) is 27.9 Å². The average Bonchev–Trinajstić information content (AvgIpc) is 3.02. The molecule has 0 bridgehead atoms. The number of amides is 3. The Bertz CT molecular complexity index is 992. The first-order valence-electron chi connectivity index (χ1n) is 8.69. The van der Waals surface area contributed by atoms with Gasteiger partial charge < -0.3 is 10.1 Å². The molecule has 9 heteroatoms. The van der Waals surface area contributed by atoms with E-state index in [0.29, 0.717) is 10.7 Å². The van der Waals surface area contributed by atoms with Crippen LogP contribution in [-0.2, 0) is 19.1 Å². The van der Waals surface area contributed by atoms with Crippen LogP contribution in [0.5, 0.6) is 0 Å². The lowest BCUT2D eigenvalue weighted by molar-refractivity contribution is -0.124. The Labute approximate surface area is 176 Å². The molecule has 1 aliphatic heterocycles. The van der Waals surface area contributed by atoms with Gasteiger partial charge in [-0.1, -0.05) is 29.3 Å². The van der Waals surface area contributed by atoms with Crippen LogP contribution in [0.25, 0.3) is 0 Å². The van der Waals surface area contributed by atoms with Crippen LogP contribution in [0.15, 0.2) is 42.5 Å². The summed E-state index contributed by atoms with van der Waals surface area (Å²) in [6, 6.07) is 10.5. The van der Waals surface area contributed by atoms with Crippen molar-refractivity contribution < 1.29 is 23.9 Å². The molecule has 2 aromatic rings. The molecule has 29 heavy (non-hydrogen) atoms. The molecule has 0 aromatic heterocycles. The monoisotopic (exact) mass is 434 g/mol. The maximum absolute atomic E-state index is 12.4. The topological polar surface area (TPSA) is 92.8 Å². The summed E-state index contributed by atoms with van der Waals surface area (Å²) in [5.74, 6) is -2.00. The summed E-state index contributed by atoms with van der Waals surface area (Å²) in [4.78, 5) is 49.5. The number of nitrogens with one attached hydrogen (secondary N) is 1. The van der Waals surface area contributed by atoms with Gasteiger partial charge in [-0.2, -0.15) is 0 Å². The number of hydrogen-bond acceptors (Lipinski definition) is 5. The Kier molecular flexibility index (Phi) is 6.20. The van der Waals surface area contributed by atoms with Crippen molar-refractivity contribution in [1.29, 1.82) is 0 Å². The first-order chi connectivity index (χ1) is 13.8. The first kappa shape index (κ1) is 20.8. The lowest BCUT2D eigenvalue weighted by Crippen LogP contribution is -2.30. The largest absolute Gasteiger partial charge is 0.449 e. The van der Waals surface area contributed by atoms with Crippen LogP contribution >= 0.6 is 23.2 Å². The van der Waals surface area contributed by atoms with Crippen molar-refractivity contribution >= 4 is 58.3 Å². The zero-order valence-corrected chi connectivity index (χ0v) is 16.8. The number of nitrogens with zero attached hydrogens (tertiary/aromatic N) is 1. The molecule has 1 heterocycles. The summed E-state index contributed by atoms with van der Waals surface area (Å²) in [5.41, 5.74) is 0.730. The maximum atomic E-state index is 12.4. The number of carbonyl (C=O) groups is 4. The number of esters is 1. The highest BCUT2D eigenvalue weighted by Crippen LogP contribution is 2.26. The van der Waals surface area contributed by atoms with E-state index in [-0.39, 0.29) is 40.9 Å². The minimum atomic E-state index is -1.12. The SMILES string of the molecule is CC(OC(=O)c1cccc(N2C(=O)CCC2=O)c1)C(=O)Nc1ccc(Cl)cc1Cl. The smallest absolute Gasteiger partial charge is 0.338 e. The normalized spacial score (nSPS) is 14.7. The predicted molar refractivity (Wildman–Crippen MR) is 108 cm³/mol. The van der Waals surface area contributed by atoms with Gasteiger partial charge in [0.15, 0.2) is 6.10 Å². The molecule has 0 aliphatic carbocycles. The highest BCUT2D eigenvalue weighted by atomic mass is 35.5. The number of hydrogen-bond donors (Lipinski definition) is 1. The van der Waals surface area contributed by atoms with E-state index in [1.54, 1.807) is 12.1 Å². The van der Waals surface area contributed by atoms with Crippen LogP contribution in [0.4, 0.5) is 11.4 Å². The molecule has 1 fully saturated rings. The van der Waals surface area contributed by atoms with Crippen molar-refractivity contribution in [1.82, 2.24) is 0 Å². The van der Waals surface area contributed by atoms with Crippen molar-refractivity contribution in [2.75, 3.05) is 10.2 Å². The third-order valence-corrected chi connectivity index (χ3v) is 4.78. The van der Waals surface area contributed by atoms with E-state index >= 15 is 0 Å². The van der Waals surface area contributed by atoms with Crippen molar-refractivity contribution in [3.8, 4) is 0 Å². The minimum Gasteiger partial charge on any atom is -0.449 e. The van der Waals surface area contributed by atoms with Gasteiger partial charge in [-0.3, -0.25) is 19.3 Å². The van der Waals surface area contributed by atoms with Gasteiger partial charge in [-0.15, -0.1) is 0 Å². The van der Waals surface area contributed by atoms with E-state index in [1.165, 1.54) is 37.3 Å². The summed E-state index contributed by atoms with van der Waals surface area (Å²) >= 11 is 11.8. The molecule has 0 saturated carbocycles. The fraction of sp³-hybridized carbons (Fsp3) is 0.200. The second-order valence-corrected chi connectivity index (χ2v) is 7.18. The minimum absolute atomic E-state index is 0.110. The molecule has 1 saturated heterocycles. The van der Waals surface area contributed by atoms with Crippen LogP contribution in [0, 0.1) is 0 Å². The van der Waals surface area contributed by atoms with Crippen LogP contribution in [0.1, 0.15) is 30.1 Å². The van der Waals surface area contributed by atoms with Gasteiger partial charge >= 0.3 is 5.97 Å². The van der Waals surface area contributed by atoms with Crippen LogP contribution in [-0.4, -0.2) is 29.8 Å². The number of benzene rings is 2. The fourth-order valence-electron chi connectivity index (χ4n) is 2.74. The highest BCUT2D eigenvalue weighted by Gasteiger charge is 2.30. The van der Waals surface area contributed by atoms with Crippen molar-refractivity contribution in [2.24, 2.45) is 0 Å². The van der Waals surface area contributed by atoms with Crippen molar-refractivity contribution in [2.45, 2.75) is 25.9 Å². The standard InChI is InChI=1S/C20H16Cl2N2O5/c1-11(19(27)23-16-6-5-13(21)10-15(16)22)29-20(28)12-3-2-4-14(9-12)24-17(25)7-8-18(24)26/h2-6,9-11H,7-8H2,1H3,(H,23,27). The molecule has 1 aliphatic rings. The molecule has 1 atom stereocenters. The number of rotatable bonds is 5.